The molecule has 0 radical (unpaired) electrons. The lowest BCUT2D eigenvalue weighted by Gasteiger charge is -2.15. The van der Waals surface area contributed by atoms with Gasteiger partial charge in [-0.05, 0) is 24.5 Å². The first-order valence-corrected chi connectivity index (χ1v) is 4.98. The van der Waals surface area contributed by atoms with Gasteiger partial charge in [-0.15, -0.1) is 0 Å². The summed E-state index contributed by atoms with van der Waals surface area (Å²) in [6.07, 6.45) is 0.969. The third-order valence-electron chi connectivity index (χ3n) is 2.44. The Morgan fingerprint density at radius 1 is 1.67 bits per heavy atom. The predicted molar refractivity (Wildman–Crippen MR) is 56.9 cm³/mol. The number of aromatic hydroxyl groups is 1. The lowest BCUT2D eigenvalue weighted by molar-refractivity contribution is -0.108. The van der Waals surface area contributed by atoms with E-state index >= 15 is 0 Å². The number of hydrogen-bond donors (Lipinski definition) is 1. The van der Waals surface area contributed by atoms with Gasteiger partial charge >= 0.3 is 0 Å². The van der Waals surface area contributed by atoms with Gasteiger partial charge in [0.1, 0.15) is 17.9 Å². The van der Waals surface area contributed by atoms with Crippen LogP contribution in [0.15, 0.2) is 6.07 Å². The van der Waals surface area contributed by atoms with E-state index in [1.165, 1.54) is 0 Å². The summed E-state index contributed by atoms with van der Waals surface area (Å²) in [5.74, 6) is -0.842. The van der Waals surface area contributed by atoms with Crippen LogP contribution < -0.4 is 0 Å². The predicted octanol–water partition coefficient (Wildman–Crippen LogP) is 3.19. The minimum Gasteiger partial charge on any atom is -0.506 e. The molecule has 1 rings (SSSR count). The molecule has 0 saturated carbocycles. The van der Waals surface area contributed by atoms with Gasteiger partial charge in [0.2, 0.25) is 0 Å². The Morgan fingerprint density at radius 2 is 2.27 bits per heavy atom. The Bertz CT molecular complexity index is 364. The van der Waals surface area contributed by atoms with E-state index in [9.17, 15) is 14.3 Å². The summed E-state index contributed by atoms with van der Waals surface area (Å²) >= 11 is 5.66. The molecule has 0 aliphatic rings. The van der Waals surface area contributed by atoms with Crippen molar-refractivity contribution < 1.29 is 14.3 Å². The standard InChI is InChI=1S/C11H12ClFO2/c1-6(3-4-14)10-7(2)9(13)5-8(12)11(10)15/h4-6,15H,3H2,1-2H3. The van der Waals surface area contributed by atoms with Crippen LogP contribution in [0.1, 0.15) is 30.4 Å². The number of carbonyl (C=O) groups excluding carboxylic acids is 1. The van der Waals surface area contributed by atoms with Gasteiger partial charge in [-0.25, -0.2) is 4.39 Å². The maximum atomic E-state index is 13.3. The van der Waals surface area contributed by atoms with Crippen molar-refractivity contribution in [1.82, 2.24) is 0 Å². The SMILES string of the molecule is Cc1c(F)cc(Cl)c(O)c1C(C)CC=O. The molecule has 2 nitrogen and oxygen atoms in total. The van der Waals surface area contributed by atoms with Gasteiger partial charge < -0.3 is 9.90 Å². The average Bonchev–Trinajstić information content (AvgIpc) is 2.16. The van der Waals surface area contributed by atoms with Crippen molar-refractivity contribution in [1.29, 1.82) is 0 Å². The number of aldehydes is 1. The molecule has 0 fully saturated rings. The van der Waals surface area contributed by atoms with Crippen LogP contribution in [0.4, 0.5) is 4.39 Å². The quantitative estimate of drug-likeness (QED) is 0.810. The molecule has 1 unspecified atom stereocenters. The number of carbonyl (C=O) groups is 1. The van der Waals surface area contributed by atoms with Crippen LogP contribution in [0, 0.1) is 12.7 Å². The van der Waals surface area contributed by atoms with Gasteiger partial charge in [-0.2, -0.15) is 0 Å². The lowest BCUT2D eigenvalue weighted by atomic mass is 9.93. The Balaban J connectivity index is 3.31. The second-order valence-electron chi connectivity index (χ2n) is 3.53. The lowest BCUT2D eigenvalue weighted by Crippen LogP contribution is -2.01. The minimum absolute atomic E-state index is 0.0224. The first-order chi connectivity index (χ1) is 6.99. The minimum atomic E-state index is -0.467. The smallest absolute Gasteiger partial charge is 0.138 e. The van der Waals surface area contributed by atoms with Gasteiger partial charge in [0, 0.05) is 12.0 Å². The zero-order valence-electron chi connectivity index (χ0n) is 8.55. The van der Waals surface area contributed by atoms with Gasteiger partial charge in [0.25, 0.3) is 0 Å². The molecular weight excluding hydrogens is 219 g/mol. The van der Waals surface area contributed by atoms with Crippen LogP contribution in [-0.4, -0.2) is 11.4 Å². The highest BCUT2D eigenvalue weighted by molar-refractivity contribution is 6.32. The van der Waals surface area contributed by atoms with E-state index in [2.05, 4.69) is 0 Å². The van der Waals surface area contributed by atoms with E-state index in [1.54, 1.807) is 13.8 Å². The third-order valence-corrected chi connectivity index (χ3v) is 2.73. The Hall–Kier alpha value is -1.09. The topological polar surface area (TPSA) is 37.3 Å². The van der Waals surface area contributed by atoms with Gasteiger partial charge in [0.15, 0.2) is 0 Å². The van der Waals surface area contributed by atoms with Crippen molar-refractivity contribution >= 4 is 17.9 Å². The summed E-state index contributed by atoms with van der Waals surface area (Å²) < 4.78 is 13.3. The first-order valence-electron chi connectivity index (χ1n) is 4.60. The van der Waals surface area contributed by atoms with E-state index in [1.807, 2.05) is 0 Å². The summed E-state index contributed by atoms with van der Waals surface area (Å²) in [4.78, 5) is 10.4. The van der Waals surface area contributed by atoms with Gasteiger partial charge in [-0.3, -0.25) is 0 Å². The summed E-state index contributed by atoms with van der Waals surface area (Å²) in [6, 6.07) is 1.07. The van der Waals surface area contributed by atoms with Gasteiger partial charge in [0.05, 0.1) is 5.02 Å². The molecule has 4 heteroatoms. The maximum absolute atomic E-state index is 13.3. The highest BCUT2D eigenvalue weighted by atomic mass is 35.5. The van der Waals surface area contributed by atoms with Crippen LogP contribution in [0.2, 0.25) is 5.02 Å². The molecule has 0 amide bonds. The molecule has 15 heavy (non-hydrogen) atoms. The fraction of sp³-hybridized carbons (Fsp3) is 0.364. The first kappa shape index (κ1) is 12.0. The fourth-order valence-corrected chi connectivity index (χ4v) is 1.79. The second-order valence-corrected chi connectivity index (χ2v) is 3.94. The Labute approximate surface area is 92.7 Å². The van der Waals surface area contributed by atoms with Crippen molar-refractivity contribution in [2.45, 2.75) is 26.2 Å². The van der Waals surface area contributed by atoms with Crippen LogP contribution in [0.3, 0.4) is 0 Å². The van der Waals surface area contributed by atoms with E-state index in [4.69, 9.17) is 11.6 Å². The molecule has 1 aromatic carbocycles. The molecule has 0 spiro atoms. The van der Waals surface area contributed by atoms with E-state index in [0.29, 0.717) is 11.1 Å². The van der Waals surface area contributed by atoms with Crippen molar-refractivity contribution in [3.63, 3.8) is 0 Å². The second kappa shape index (κ2) is 4.62. The largest absolute Gasteiger partial charge is 0.506 e. The summed E-state index contributed by atoms with van der Waals surface area (Å²) in [5, 5.41) is 9.66. The van der Waals surface area contributed by atoms with Crippen LogP contribution in [0.25, 0.3) is 0 Å². The number of halogens is 2. The zero-order chi connectivity index (χ0) is 11.6. The number of hydrogen-bond acceptors (Lipinski definition) is 2. The van der Waals surface area contributed by atoms with E-state index < -0.39 is 5.82 Å². The Morgan fingerprint density at radius 3 is 2.80 bits per heavy atom. The fourth-order valence-electron chi connectivity index (χ4n) is 1.59. The van der Waals surface area contributed by atoms with Crippen molar-refractivity contribution in [2.24, 2.45) is 0 Å². The Kier molecular flexibility index (Phi) is 3.69. The molecule has 82 valence electrons. The van der Waals surface area contributed by atoms with Crippen molar-refractivity contribution in [2.75, 3.05) is 0 Å². The molecule has 1 aromatic rings. The molecule has 0 aromatic heterocycles. The zero-order valence-corrected chi connectivity index (χ0v) is 9.31. The maximum Gasteiger partial charge on any atom is 0.138 e. The van der Waals surface area contributed by atoms with E-state index in [-0.39, 0.29) is 23.1 Å². The molecule has 0 aliphatic carbocycles. The molecule has 0 bridgehead atoms. The molecule has 1 atom stereocenters. The molecule has 0 saturated heterocycles. The van der Waals surface area contributed by atoms with Gasteiger partial charge in [-0.1, -0.05) is 18.5 Å². The monoisotopic (exact) mass is 230 g/mol. The summed E-state index contributed by atoms with van der Waals surface area (Å²) in [7, 11) is 0. The number of benzene rings is 1. The molecule has 0 heterocycles. The van der Waals surface area contributed by atoms with Crippen LogP contribution in [-0.2, 0) is 4.79 Å². The number of phenols is 1. The highest BCUT2D eigenvalue weighted by Gasteiger charge is 2.18. The number of rotatable bonds is 3. The number of phenolic OH excluding ortho intramolecular Hbond substituents is 1. The molecular formula is C11H12ClFO2. The summed E-state index contributed by atoms with van der Waals surface area (Å²) in [6.45, 7) is 3.30. The van der Waals surface area contributed by atoms with E-state index in [0.717, 1.165) is 12.4 Å². The highest BCUT2D eigenvalue weighted by Crippen LogP contribution is 2.37. The summed E-state index contributed by atoms with van der Waals surface area (Å²) in [5.41, 5.74) is 0.748. The van der Waals surface area contributed by atoms with Crippen LogP contribution in [0.5, 0.6) is 5.75 Å². The third kappa shape index (κ3) is 2.29. The normalized spacial score (nSPS) is 12.5. The van der Waals surface area contributed by atoms with Crippen molar-refractivity contribution in [3.8, 4) is 5.75 Å². The average molecular weight is 231 g/mol. The molecule has 0 aliphatic heterocycles. The molecule has 1 N–H and O–H groups in total. The van der Waals surface area contributed by atoms with Crippen molar-refractivity contribution in [3.05, 3.63) is 28.0 Å². The van der Waals surface area contributed by atoms with Crippen LogP contribution >= 0.6 is 11.6 Å².